The molecule has 0 saturated heterocycles. The van der Waals surface area contributed by atoms with E-state index in [2.05, 4.69) is 52.4 Å². The van der Waals surface area contributed by atoms with Crippen molar-refractivity contribution in [3.63, 3.8) is 0 Å². The molecular weight excluding hydrogens is 262 g/mol. The monoisotopic (exact) mass is 281 g/mol. The molecule has 0 spiro atoms. The third-order valence-corrected chi connectivity index (χ3v) is 3.79. The van der Waals surface area contributed by atoms with Crippen LogP contribution in [0.25, 0.3) is 0 Å². The summed E-state index contributed by atoms with van der Waals surface area (Å²) in [4.78, 5) is 0. The normalized spacial score (nSPS) is 17.4. The van der Waals surface area contributed by atoms with Crippen molar-refractivity contribution in [2.45, 2.75) is 32.1 Å². The van der Waals surface area contributed by atoms with Crippen molar-refractivity contribution in [2.24, 2.45) is 5.92 Å². The van der Waals surface area contributed by atoms with E-state index >= 15 is 0 Å². The predicted octanol–water partition coefficient (Wildman–Crippen LogP) is 3.94. The van der Waals surface area contributed by atoms with Crippen LogP contribution in [0.2, 0.25) is 0 Å². The first kappa shape index (κ1) is 12.1. The van der Waals surface area contributed by atoms with Gasteiger partial charge in [0, 0.05) is 11.0 Å². The second-order valence-electron chi connectivity index (χ2n) is 4.89. The number of halogens is 1. The van der Waals surface area contributed by atoms with Crippen LogP contribution in [-0.4, -0.2) is 13.1 Å². The smallest absolute Gasteiger partial charge is 0.0178 e. The molecule has 0 bridgehead atoms. The molecule has 2 rings (SSSR count). The van der Waals surface area contributed by atoms with Crippen molar-refractivity contribution in [2.75, 3.05) is 13.1 Å². The fraction of sp³-hybridized carbons (Fsp3) is 0.571. The highest BCUT2D eigenvalue weighted by Crippen LogP contribution is 2.31. The molecule has 88 valence electrons. The van der Waals surface area contributed by atoms with Crippen LogP contribution >= 0.6 is 15.9 Å². The van der Waals surface area contributed by atoms with Gasteiger partial charge in [0.05, 0.1) is 0 Å². The van der Waals surface area contributed by atoms with E-state index in [0.29, 0.717) is 5.92 Å². The van der Waals surface area contributed by atoms with Gasteiger partial charge in [-0.3, -0.25) is 0 Å². The number of rotatable bonds is 6. The van der Waals surface area contributed by atoms with Gasteiger partial charge in [0.25, 0.3) is 0 Å². The lowest BCUT2D eigenvalue weighted by Crippen LogP contribution is -2.21. The highest BCUT2D eigenvalue weighted by molar-refractivity contribution is 9.10. The molecule has 1 saturated carbocycles. The van der Waals surface area contributed by atoms with E-state index in [-0.39, 0.29) is 0 Å². The lowest BCUT2D eigenvalue weighted by Gasteiger charge is -2.13. The van der Waals surface area contributed by atoms with Crippen LogP contribution in [0.4, 0.5) is 0 Å². The fourth-order valence-corrected chi connectivity index (χ4v) is 2.38. The molecule has 1 aliphatic carbocycles. The molecule has 2 heteroatoms. The van der Waals surface area contributed by atoms with Gasteiger partial charge in [-0.15, -0.1) is 0 Å². The molecule has 0 aromatic heterocycles. The molecule has 1 aromatic rings. The van der Waals surface area contributed by atoms with Crippen LogP contribution in [0, 0.1) is 5.92 Å². The molecule has 1 unspecified atom stereocenters. The molecular formula is C14H20BrN. The Bertz CT molecular complexity index is 333. The lowest BCUT2D eigenvalue weighted by molar-refractivity contribution is 0.574. The zero-order valence-electron chi connectivity index (χ0n) is 9.88. The fourth-order valence-electron chi connectivity index (χ4n) is 1.96. The Morgan fingerprint density at radius 3 is 2.94 bits per heavy atom. The van der Waals surface area contributed by atoms with E-state index in [9.17, 15) is 0 Å². The number of hydrogen-bond donors (Lipinski definition) is 1. The van der Waals surface area contributed by atoms with Gasteiger partial charge in [-0.25, -0.2) is 0 Å². The predicted molar refractivity (Wildman–Crippen MR) is 72.8 cm³/mol. The maximum absolute atomic E-state index is 3.56. The van der Waals surface area contributed by atoms with E-state index in [1.165, 1.54) is 35.8 Å². The van der Waals surface area contributed by atoms with Gasteiger partial charge in [-0.05, 0) is 42.5 Å². The SMILES string of the molecule is CC(CNCCC1CC1)c1cccc(Br)c1. The quantitative estimate of drug-likeness (QED) is 0.779. The summed E-state index contributed by atoms with van der Waals surface area (Å²) in [6, 6.07) is 8.61. The molecule has 1 atom stereocenters. The summed E-state index contributed by atoms with van der Waals surface area (Å²) >= 11 is 3.52. The van der Waals surface area contributed by atoms with Gasteiger partial charge < -0.3 is 5.32 Å². The summed E-state index contributed by atoms with van der Waals surface area (Å²) in [5.41, 5.74) is 1.41. The van der Waals surface area contributed by atoms with Crippen LogP contribution in [0.15, 0.2) is 28.7 Å². The first-order chi connectivity index (χ1) is 7.75. The minimum absolute atomic E-state index is 0.594. The molecule has 1 aromatic carbocycles. The highest BCUT2D eigenvalue weighted by atomic mass is 79.9. The summed E-state index contributed by atoms with van der Waals surface area (Å²) in [5.74, 6) is 1.63. The number of hydrogen-bond acceptors (Lipinski definition) is 1. The third-order valence-electron chi connectivity index (χ3n) is 3.29. The molecule has 16 heavy (non-hydrogen) atoms. The van der Waals surface area contributed by atoms with Crippen LogP contribution < -0.4 is 5.32 Å². The van der Waals surface area contributed by atoms with Crippen LogP contribution in [0.3, 0.4) is 0 Å². The Balaban J connectivity index is 1.71. The lowest BCUT2D eigenvalue weighted by atomic mass is 10.0. The Morgan fingerprint density at radius 1 is 1.44 bits per heavy atom. The standard InChI is InChI=1S/C14H20BrN/c1-11(10-16-8-7-12-5-6-12)13-3-2-4-14(15)9-13/h2-4,9,11-12,16H,5-8,10H2,1H3. The molecule has 1 N–H and O–H groups in total. The van der Waals surface area contributed by atoms with Crippen LogP contribution in [0.1, 0.15) is 37.7 Å². The molecule has 0 radical (unpaired) electrons. The molecule has 1 aliphatic rings. The highest BCUT2D eigenvalue weighted by Gasteiger charge is 2.20. The van der Waals surface area contributed by atoms with E-state index < -0.39 is 0 Å². The average Bonchev–Trinajstić information content (AvgIpc) is 3.08. The van der Waals surface area contributed by atoms with Gasteiger partial charge in [0.1, 0.15) is 0 Å². The second-order valence-corrected chi connectivity index (χ2v) is 5.81. The molecule has 0 heterocycles. The van der Waals surface area contributed by atoms with E-state index in [0.717, 1.165) is 12.5 Å². The Kier molecular flexibility index (Phi) is 4.42. The van der Waals surface area contributed by atoms with Crippen molar-refractivity contribution in [1.82, 2.24) is 5.32 Å². The van der Waals surface area contributed by atoms with Crippen LogP contribution in [-0.2, 0) is 0 Å². The number of benzene rings is 1. The Labute approximate surface area is 107 Å². The van der Waals surface area contributed by atoms with E-state index in [1.807, 2.05) is 0 Å². The topological polar surface area (TPSA) is 12.0 Å². The molecule has 0 aliphatic heterocycles. The third kappa shape index (κ3) is 3.91. The van der Waals surface area contributed by atoms with Gasteiger partial charge in [0.15, 0.2) is 0 Å². The summed E-state index contributed by atoms with van der Waals surface area (Å²) < 4.78 is 1.18. The van der Waals surface area contributed by atoms with Crippen molar-refractivity contribution < 1.29 is 0 Å². The number of nitrogens with one attached hydrogen (secondary N) is 1. The summed E-state index contributed by atoms with van der Waals surface area (Å²) in [6.07, 6.45) is 4.29. The van der Waals surface area contributed by atoms with Gasteiger partial charge >= 0.3 is 0 Å². The summed E-state index contributed by atoms with van der Waals surface area (Å²) in [6.45, 7) is 4.55. The van der Waals surface area contributed by atoms with Crippen molar-refractivity contribution in [3.8, 4) is 0 Å². The summed E-state index contributed by atoms with van der Waals surface area (Å²) in [7, 11) is 0. The average molecular weight is 282 g/mol. The Hall–Kier alpha value is -0.340. The minimum Gasteiger partial charge on any atom is -0.316 e. The van der Waals surface area contributed by atoms with Crippen molar-refractivity contribution >= 4 is 15.9 Å². The van der Waals surface area contributed by atoms with Gasteiger partial charge in [0.2, 0.25) is 0 Å². The first-order valence-electron chi connectivity index (χ1n) is 6.22. The van der Waals surface area contributed by atoms with Crippen molar-refractivity contribution in [1.29, 1.82) is 0 Å². The molecule has 1 fully saturated rings. The van der Waals surface area contributed by atoms with Gasteiger partial charge in [-0.1, -0.05) is 47.8 Å². The zero-order valence-corrected chi connectivity index (χ0v) is 11.5. The van der Waals surface area contributed by atoms with E-state index in [1.54, 1.807) is 0 Å². The largest absolute Gasteiger partial charge is 0.316 e. The molecule has 0 amide bonds. The van der Waals surface area contributed by atoms with E-state index in [4.69, 9.17) is 0 Å². The second kappa shape index (κ2) is 5.83. The zero-order chi connectivity index (χ0) is 11.4. The molecule has 1 nitrogen and oxygen atoms in total. The Morgan fingerprint density at radius 2 is 2.25 bits per heavy atom. The minimum atomic E-state index is 0.594. The van der Waals surface area contributed by atoms with Gasteiger partial charge in [-0.2, -0.15) is 0 Å². The van der Waals surface area contributed by atoms with Crippen molar-refractivity contribution in [3.05, 3.63) is 34.3 Å². The maximum Gasteiger partial charge on any atom is 0.0178 e. The maximum atomic E-state index is 3.56. The van der Waals surface area contributed by atoms with Crippen LogP contribution in [0.5, 0.6) is 0 Å². The first-order valence-corrected chi connectivity index (χ1v) is 7.01. The summed E-state index contributed by atoms with van der Waals surface area (Å²) in [5, 5.41) is 3.56.